The van der Waals surface area contributed by atoms with Gasteiger partial charge in [0.15, 0.2) is 0 Å². The lowest BCUT2D eigenvalue weighted by Crippen LogP contribution is -2.16. The Labute approximate surface area is 116 Å². The number of amides is 1. The minimum absolute atomic E-state index is 0.0138. The van der Waals surface area contributed by atoms with Crippen molar-refractivity contribution in [1.29, 1.82) is 0 Å². The number of rotatable bonds is 2. The molecule has 0 spiro atoms. The second kappa shape index (κ2) is 5.13. The fraction of sp³-hybridized carbons (Fsp3) is 0.333. The van der Waals surface area contributed by atoms with Gasteiger partial charge in [0.2, 0.25) is 0 Å². The normalized spacial score (nSPS) is 17.8. The first-order chi connectivity index (χ1) is 9.24. The summed E-state index contributed by atoms with van der Waals surface area (Å²) in [6, 6.07) is 3.67. The number of nitrogens with zero attached hydrogens (tertiary/aromatic N) is 1. The van der Waals surface area contributed by atoms with E-state index < -0.39 is 0 Å². The third kappa shape index (κ3) is 2.54. The predicted octanol–water partition coefficient (Wildman–Crippen LogP) is 3.52. The Morgan fingerprint density at radius 3 is 3.21 bits per heavy atom. The molecule has 0 saturated heterocycles. The monoisotopic (exact) mass is 272 g/mol. The molecule has 0 saturated carbocycles. The lowest BCUT2D eigenvalue weighted by molar-refractivity contribution is 0.102. The minimum atomic E-state index is -0.0138. The molecule has 0 radical (unpaired) electrons. The van der Waals surface area contributed by atoms with Gasteiger partial charge < -0.3 is 5.32 Å². The van der Waals surface area contributed by atoms with Crippen LogP contribution in [0.15, 0.2) is 29.9 Å². The van der Waals surface area contributed by atoms with E-state index in [-0.39, 0.29) is 5.91 Å². The number of anilines is 1. The standard InChI is InChI=1S/C15H16N2OS/c1-10-4-5-12-13(9-19-14(12)7-10)15(18)17-11-3-2-6-16-8-11/h2-3,6,8-10H,4-5,7H2,1H3,(H,17,18). The number of carbonyl (C=O) groups excluding carboxylic acids is 1. The molecule has 1 aliphatic rings. The summed E-state index contributed by atoms with van der Waals surface area (Å²) in [5, 5.41) is 4.91. The maximum Gasteiger partial charge on any atom is 0.256 e. The second-order valence-electron chi connectivity index (χ2n) is 5.09. The summed E-state index contributed by atoms with van der Waals surface area (Å²) in [6.45, 7) is 2.28. The summed E-state index contributed by atoms with van der Waals surface area (Å²) in [6.07, 6.45) is 6.68. The molecule has 1 aliphatic carbocycles. The SMILES string of the molecule is CC1CCc2c(C(=O)Nc3cccnc3)csc2C1. The quantitative estimate of drug-likeness (QED) is 0.909. The molecule has 0 fully saturated rings. The maximum atomic E-state index is 12.3. The maximum absolute atomic E-state index is 12.3. The van der Waals surface area contributed by atoms with Crippen molar-refractivity contribution in [2.75, 3.05) is 5.32 Å². The number of hydrogen-bond acceptors (Lipinski definition) is 3. The zero-order chi connectivity index (χ0) is 13.2. The van der Waals surface area contributed by atoms with Crippen molar-refractivity contribution in [3.63, 3.8) is 0 Å². The molecule has 4 heteroatoms. The van der Waals surface area contributed by atoms with Crippen LogP contribution in [0.5, 0.6) is 0 Å². The van der Waals surface area contributed by atoms with E-state index in [1.165, 1.54) is 16.9 Å². The van der Waals surface area contributed by atoms with Crippen molar-refractivity contribution in [3.8, 4) is 0 Å². The largest absolute Gasteiger partial charge is 0.321 e. The first-order valence-corrected chi connectivity index (χ1v) is 7.42. The van der Waals surface area contributed by atoms with Crippen LogP contribution in [-0.4, -0.2) is 10.9 Å². The molecule has 1 amide bonds. The smallest absolute Gasteiger partial charge is 0.256 e. The van der Waals surface area contributed by atoms with Gasteiger partial charge in [-0.05, 0) is 42.9 Å². The number of pyridine rings is 1. The molecule has 2 aromatic heterocycles. The number of fused-ring (bicyclic) bond motifs is 1. The molecule has 1 N–H and O–H groups in total. The Bertz CT molecular complexity index is 591. The van der Waals surface area contributed by atoms with Crippen molar-refractivity contribution in [2.45, 2.75) is 26.2 Å². The third-order valence-electron chi connectivity index (χ3n) is 3.57. The lowest BCUT2D eigenvalue weighted by Gasteiger charge is -2.18. The average Bonchev–Trinajstić information content (AvgIpc) is 2.82. The summed E-state index contributed by atoms with van der Waals surface area (Å²) in [5.41, 5.74) is 2.84. The lowest BCUT2D eigenvalue weighted by atomic mass is 9.88. The Hall–Kier alpha value is -1.68. The Morgan fingerprint density at radius 2 is 2.42 bits per heavy atom. The highest BCUT2D eigenvalue weighted by Crippen LogP contribution is 2.33. The van der Waals surface area contributed by atoms with E-state index in [4.69, 9.17) is 0 Å². The van der Waals surface area contributed by atoms with Gasteiger partial charge in [0.05, 0.1) is 17.4 Å². The Balaban J connectivity index is 1.81. The highest BCUT2D eigenvalue weighted by atomic mass is 32.1. The average molecular weight is 272 g/mol. The fourth-order valence-corrected chi connectivity index (χ4v) is 3.75. The minimum Gasteiger partial charge on any atom is -0.321 e. The van der Waals surface area contributed by atoms with Crippen LogP contribution in [0.25, 0.3) is 0 Å². The van der Waals surface area contributed by atoms with Gasteiger partial charge in [-0.1, -0.05) is 6.92 Å². The van der Waals surface area contributed by atoms with Gasteiger partial charge in [-0.3, -0.25) is 9.78 Å². The van der Waals surface area contributed by atoms with E-state index in [0.717, 1.165) is 30.0 Å². The van der Waals surface area contributed by atoms with Crippen molar-refractivity contribution in [1.82, 2.24) is 4.98 Å². The van der Waals surface area contributed by atoms with Crippen LogP contribution in [0.4, 0.5) is 5.69 Å². The van der Waals surface area contributed by atoms with Crippen molar-refractivity contribution < 1.29 is 4.79 Å². The second-order valence-corrected chi connectivity index (χ2v) is 6.06. The number of thiophene rings is 1. The number of hydrogen-bond donors (Lipinski definition) is 1. The van der Waals surface area contributed by atoms with Gasteiger partial charge >= 0.3 is 0 Å². The summed E-state index contributed by atoms with van der Waals surface area (Å²) >= 11 is 1.72. The topological polar surface area (TPSA) is 42.0 Å². The third-order valence-corrected chi connectivity index (χ3v) is 4.62. The molecule has 3 rings (SSSR count). The van der Waals surface area contributed by atoms with Crippen LogP contribution in [-0.2, 0) is 12.8 Å². The molecule has 1 unspecified atom stereocenters. The van der Waals surface area contributed by atoms with Gasteiger partial charge in [-0.2, -0.15) is 0 Å². The van der Waals surface area contributed by atoms with Crippen LogP contribution >= 0.6 is 11.3 Å². The van der Waals surface area contributed by atoms with E-state index in [2.05, 4.69) is 17.2 Å². The molecule has 3 nitrogen and oxygen atoms in total. The van der Waals surface area contributed by atoms with Crippen LogP contribution in [0.1, 0.15) is 34.1 Å². The van der Waals surface area contributed by atoms with Crippen LogP contribution in [0.2, 0.25) is 0 Å². The van der Waals surface area contributed by atoms with Crippen molar-refractivity contribution >= 4 is 22.9 Å². The first kappa shape index (κ1) is 12.4. The molecular formula is C15H16N2OS. The van der Waals surface area contributed by atoms with Crippen LogP contribution < -0.4 is 5.32 Å². The zero-order valence-corrected chi connectivity index (χ0v) is 11.7. The summed E-state index contributed by atoms with van der Waals surface area (Å²) in [5.74, 6) is 0.723. The summed E-state index contributed by atoms with van der Waals surface area (Å²) < 4.78 is 0. The van der Waals surface area contributed by atoms with E-state index in [1.54, 1.807) is 23.7 Å². The van der Waals surface area contributed by atoms with Gasteiger partial charge in [-0.15, -0.1) is 11.3 Å². The molecule has 0 aliphatic heterocycles. The number of carbonyl (C=O) groups is 1. The number of aromatic nitrogens is 1. The molecule has 98 valence electrons. The van der Waals surface area contributed by atoms with Crippen LogP contribution in [0.3, 0.4) is 0 Å². The fourth-order valence-electron chi connectivity index (χ4n) is 2.50. The van der Waals surface area contributed by atoms with Gasteiger partial charge in [0, 0.05) is 16.5 Å². The molecular weight excluding hydrogens is 256 g/mol. The molecule has 2 aromatic rings. The van der Waals surface area contributed by atoms with E-state index in [0.29, 0.717) is 0 Å². The molecule has 1 atom stereocenters. The molecule has 19 heavy (non-hydrogen) atoms. The van der Waals surface area contributed by atoms with E-state index >= 15 is 0 Å². The van der Waals surface area contributed by atoms with Gasteiger partial charge in [-0.25, -0.2) is 0 Å². The zero-order valence-electron chi connectivity index (χ0n) is 10.8. The summed E-state index contributed by atoms with van der Waals surface area (Å²) in [4.78, 5) is 17.7. The highest BCUT2D eigenvalue weighted by Gasteiger charge is 2.23. The first-order valence-electron chi connectivity index (χ1n) is 6.54. The summed E-state index contributed by atoms with van der Waals surface area (Å²) in [7, 11) is 0. The van der Waals surface area contributed by atoms with Crippen LogP contribution in [0, 0.1) is 5.92 Å². The van der Waals surface area contributed by atoms with Crippen molar-refractivity contribution in [3.05, 3.63) is 45.9 Å². The molecule has 0 bridgehead atoms. The van der Waals surface area contributed by atoms with Crippen molar-refractivity contribution in [2.24, 2.45) is 5.92 Å². The predicted molar refractivity (Wildman–Crippen MR) is 77.7 cm³/mol. The van der Waals surface area contributed by atoms with E-state index in [1.807, 2.05) is 17.5 Å². The molecule has 2 heterocycles. The van der Waals surface area contributed by atoms with Gasteiger partial charge in [0.25, 0.3) is 5.91 Å². The van der Waals surface area contributed by atoms with Gasteiger partial charge in [0.1, 0.15) is 0 Å². The number of nitrogens with one attached hydrogen (secondary N) is 1. The van der Waals surface area contributed by atoms with E-state index in [9.17, 15) is 4.79 Å². The Kier molecular flexibility index (Phi) is 3.34. The Morgan fingerprint density at radius 1 is 1.53 bits per heavy atom. The highest BCUT2D eigenvalue weighted by molar-refractivity contribution is 7.10. The molecule has 0 aromatic carbocycles.